The van der Waals surface area contributed by atoms with E-state index < -0.39 is 18.1 Å². The van der Waals surface area contributed by atoms with Crippen molar-refractivity contribution in [3.63, 3.8) is 0 Å². The Morgan fingerprint density at radius 1 is 0.905 bits per heavy atom. The van der Waals surface area contributed by atoms with Crippen LogP contribution in [0.4, 0.5) is 0 Å². The highest BCUT2D eigenvalue weighted by atomic mass is 35.5. The average Bonchev–Trinajstić information content (AvgIpc) is 2.95. The van der Waals surface area contributed by atoms with E-state index in [2.05, 4.69) is 29.8 Å². The third-order valence-electron chi connectivity index (χ3n) is 7.58. The number of aliphatic hydroxyl groups is 1. The molecule has 242 valence electrons. The predicted molar refractivity (Wildman–Crippen MR) is 169 cm³/mol. The Labute approximate surface area is 258 Å². The average molecular weight is 615 g/mol. The maximum absolute atomic E-state index is 13.1. The molecule has 1 aromatic rings. The summed E-state index contributed by atoms with van der Waals surface area (Å²) in [5.74, 6) is -0.626. The molecule has 0 heterocycles. The molecule has 0 aliphatic rings. The lowest BCUT2D eigenvalue weighted by molar-refractivity contribution is -0.128. The van der Waals surface area contributed by atoms with Gasteiger partial charge in [-0.1, -0.05) is 46.8 Å². The molecule has 0 radical (unpaired) electrons. The molecule has 0 spiro atoms. The number of para-hydroxylation sites is 1. The maximum Gasteiger partial charge on any atom is 0.255 e. The summed E-state index contributed by atoms with van der Waals surface area (Å²) in [6, 6.07) is 6.61. The van der Waals surface area contributed by atoms with Gasteiger partial charge in [0.25, 0.3) is 5.91 Å². The number of rotatable bonds is 20. The molecule has 6 N–H and O–H groups in total. The molecule has 0 aromatic heterocycles. The molecule has 10 nitrogen and oxygen atoms in total. The molecule has 42 heavy (non-hydrogen) atoms. The molecule has 1 aromatic carbocycles. The summed E-state index contributed by atoms with van der Waals surface area (Å²) in [4.78, 5) is 37.7. The first-order valence-electron chi connectivity index (χ1n) is 14.8. The fourth-order valence-corrected chi connectivity index (χ4v) is 4.57. The van der Waals surface area contributed by atoms with Gasteiger partial charge in [0.15, 0.2) is 0 Å². The summed E-state index contributed by atoms with van der Waals surface area (Å²) in [5.41, 5.74) is 6.91. The predicted octanol–water partition coefficient (Wildman–Crippen LogP) is 3.15. The van der Waals surface area contributed by atoms with Gasteiger partial charge in [-0.2, -0.15) is 0 Å². The highest BCUT2D eigenvalue weighted by Crippen LogP contribution is 2.24. The van der Waals surface area contributed by atoms with Gasteiger partial charge in [-0.05, 0) is 55.6 Å². The van der Waals surface area contributed by atoms with Crippen LogP contribution < -0.4 is 26.4 Å². The molecule has 0 fully saturated rings. The first-order chi connectivity index (χ1) is 19.4. The topological polar surface area (TPSA) is 152 Å². The number of amides is 3. The van der Waals surface area contributed by atoms with Gasteiger partial charge < -0.3 is 36.3 Å². The number of benzene rings is 1. The van der Waals surface area contributed by atoms with E-state index in [1.165, 1.54) is 0 Å². The van der Waals surface area contributed by atoms with Gasteiger partial charge >= 0.3 is 0 Å². The van der Waals surface area contributed by atoms with Crippen LogP contribution in [-0.2, 0) is 14.3 Å². The van der Waals surface area contributed by atoms with Crippen LogP contribution in [-0.4, -0.2) is 75.4 Å². The summed E-state index contributed by atoms with van der Waals surface area (Å²) < 4.78 is 10.9. The molecule has 5 atom stereocenters. The van der Waals surface area contributed by atoms with Gasteiger partial charge in [0.1, 0.15) is 5.75 Å². The molecule has 1 rings (SSSR count). The second-order valence-corrected chi connectivity index (χ2v) is 11.6. The zero-order chi connectivity index (χ0) is 30.9. The molecule has 0 aliphatic carbocycles. The molecule has 0 bridgehead atoms. The fourth-order valence-electron chi connectivity index (χ4n) is 4.57. The lowest BCUT2D eigenvalue weighted by Gasteiger charge is -2.30. The molecule has 0 saturated heterocycles. The van der Waals surface area contributed by atoms with E-state index in [1.807, 2.05) is 19.9 Å². The van der Waals surface area contributed by atoms with Gasteiger partial charge in [0.2, 0.25) is 11.8 Å². The molecule has 0 saturated carbocycles. The molecular weight excluding hydrogens is 560 g/mol. The summed E-state index contributed by atoms with van der Waals surface area (Å²) in [6.45, 7) is 11.5. The van der Waals surface area contributed by atoms with Gasteiger partial charge in [-0.3, -0.25) is 14.4 Å². The Kier molecular flexibility index (Phi) is 20.1. The SMILES string of the molecule is CNC(=O)C(C)CNC(=O)[C@@H](C[C@H](O)[C@@H](N)C[C@@H](CNC(=O)c1ccccc1OCCCCOC)C(C)C)C(C)C.Cl. The summed E-state index contributed by atoms with van der Waals surface area (Å²) in [5, 5.41) is 19.4. The van der Waals surface area contributed by atoms with E-state index in [0.717, 1.165) is 12.8 Å². The van der Waals surface area contributed by atoms with E-state index in [1.54, 1.807) is 39.3 Å². The third kappa shape index (κ3) is 14.2. The van der Waals surface area contributed by atoms with E-state index in [9.17, 15) is 19.5 Å². The van der Waals surface area contributed by atoms with Crippen LogP contribution in [0.1, 0.15) is 70.7 Å². The Balaban J connectivity index is 0.0000168. The van der Waals surface area contributed by atoms with Crippen LogP contribution in [0.3, 0.4) is 0 Å². The maximum atomic E-state index is 13.1. The number of hydrogen-bond acceptors (Lipinski definition) is 7. The largest absolute Gasteiger partial charge is 0.493 e. The van der Waals surface area contributed by atoms with Crippen molar-refractivity contribution in [1.29, 1.82) is 0 Å². The molecule has 1 unspecified atom stereocenters. The number of ether oxygens (including phenoxy) is 2. The summed E-state index contributed by atoms with van der Waals surface area (Å²) in [7, 11) is 3.23. The van der Waals surface area contributed by atoms with Gasteiger partial charge in [-0.15, -0.1) is 12.4 Å². The number of methoxy groups -OCH3 is 1. The second-order valence-electron chi connectivity index (χ2n) is 11.6. The van der Waals surface area contributed by atoms with Crippen molar-refractivity contribution in [1.82, 2.24) is 16.0 Å². The van der Waals surface area contributed by atoms with Crippen molar-refractivity contribution in [2.24, 2.45) is 35.3 Å². The van der Waals surface area contributed by atoms with Gasteiger partial charge in [0, 0.05) is 45.8 Å². The third-order valence-corrected chi connectivity index (χ3v) is 7.58. The Morgan fingerprint density at radius 3 is 2.14 bits per heavy atom. The minimum absolute atomic E-state index is 0. The number of carbonyl (C=O) groups excluding carboxylic acids is 3. The zero-order valence-corrected chi connectivity index (χ0v) is 27.3. The van der Waals surface area contributed by atoms with Crippen molar-refractivity contribution in [3.05, 3.63) is 29.8 Å². The fraction of sp³-hybridized carbons (Fsp3) is 0.710. The van der Waals surface area contributed by atoms with E-state index in [-0.39, 0.29) is 66.8 Å². The van der Waals surface area contributed by atoms with Crippen molar-refractivity contribution in [2.45, 2.75) is 72.4 Å². The molecule has 0 aliphatic heterocycles. The lowest BCUT2D eigenvalue weighted by Crippen LogP contribution is -2.45. The van der Waals surface area contributed by atoms with E-state index in [0.29, 0.717) is 37.5 Å². The first-order valence-corrected chi connectivity index (χ1v) is 14.8. The summed E-state index contributed by atoms with van der Waals surface area (Å²) >= 11 is 0. The van der Waals surface area contributed by atoms with Crippen LogP contribution in [0.15, 0.2) is 24.3 Å². The number of hydrogen-bond donors (Lipinski definition) is 5. The summed E-state index contributed by atoms with van der Waals surface area (Å²) in [6.07, 6.45) is 1.51. The van der Waals surface area contributed by atoms with Crippen LogP contribution in [0.5, 0.6) is 5.75 Å². The lowest BCUT2D eigenvalue weighted by atomic mass is 9.83. The van der Waals surface area contributed by atoms with Crippen molar-refractivity contribution < 1.29 is 29.0 Å². The highest BCUT2D eigenvalue weighted by molar-refractivity contribution is 5.96. The van der Waals surface area contributed by atoms with Crippen LogP contribution in [0.25, 0.3) is 0 Å². The van der Waals surface area contributed by atoms with Crippen LogP contribution >= 0.6 is 12.4 Å². The number of aliphatic hydroxyl groups excluding tert-OH is 1. The standard InChI is InChI=1S/C31H54N4O6.ClH/c1-20(2)23(19-35-30(38)24-12-8-9-13-28(24)41-15-11-10-14-40-7)16-26(32)27(36)17-25(21(3)4)31(39)34-18-22(5)29(37)33-6;/h8-9,12-13,20-23,25-27,36H,10-11,14-19,32H2,1-7H3,(H,33,37)(H,34,39)(H,35,38);1H/t22?,23-,25-,26-,27-;/m0./s1. The van der Waals surface area contributed by atoms with E-state index in [4.69, 9.17) is 15.2 Å². The number of nitrogens with two attached hydrogens (primary N) is 1. The van der Waals surface area contributed by atoms with Gasteiger partial charge in [0.05, 0.1) is 24.2 Å². The zero-order valence-electron chi connectivity index (χ0n) is 26.5. The molecule has 3 amide bonds. The molecule has 11 heteroatoms. The van der Waals surface area contributed by atoms with E-state index >= 15 is 0 Å². The minimum atomic E-state index is -0.895. The molecular formula is C31H55ClN4O6. The smallest absolute Gasteiger partial charge is 0.255 e. The van der Waals surface area contributed by atoms with Crippen molar-refractivity contribution in [3.8, 4) is 5.75 Å². The van der Waals surface area contributed by atoms with Crippen molar-refractivity contribution in [2.75, 3.05) is 40.5 Å². The van der Waals surface area contributed by atoms with Crippen LogP contribution in [0, 0.1) is 29.6 Å². The Bertz CT molecular complexity index is 932. The minimum Gasteiger partial charge on any atom is -0.493 e. The normalized spacial score (nSPS) is 14.7. The number of carbonyl (C=O) groups is 3. The van der Waals surface area contributed by atoms with Crippen LogP contribution in [0.2, 0.25) is 0 Å². The number of halogens is 1. The monoisotopic (exact) mass is 614 g/mol. The Morgan fingerprint density at radius 2 is 1.55 bits per heavy atom. The van der Waals surface area contributed by atoms with Gasteiger partial charge in [-0.25, -0.2) is 0 Å². The first kappa shape index (κ1) is 39.6. The quantitative estimate of drug-likeness (QED) is 0.141. The number of nitrogens with one attached hydrogen (secondary N) is 3. The second kappa shape index (κ2) is 21.3. The number of unbranched alkanes of at least 4 members (excludes halogenated alkanes) is 1. The Hall–Kier alpha value is -2.40. The van der Waals surface area contributed by atoms with Crippen molar-refractivity contribution >= 4 is 30.1 Å². The highest BCUT2D eigenvalue weighted by Gasteiger charge is 2.30.